The number of aromatic nitrogens is 3. The zero-order valence-corrected chi connectivity index (χ0v) is 34.0. The van der Waals surface area contributed by atoms with E-state index in [1.54, 1.807) is 0 Å². The van der Waals surface area contributed by atoms with Crippen molar-refractivity contribution >= 4 is 33.2 Å². The van der Waals surface area contributed by atoms with E-state index in [9.17, 15) is 0 Å². The van der Waals surface area contributed by atoms with Crippen molar-refractivity contribution in [3.05, 3.63) is 223 Å². The first-order chi connectivity index (χ1) is 30.1. The Labute approximate surface area is 357 Å². The number of benzene rings is 8. The van der Waals surface area contributed by atoms with Crippen LogP contribution in [0, 0.1) is 5.92 Å². The van der Waals surface area contributed by atoms with Gasteiger partial charge in [0.2, 0.25) is 0 Å². The highest BCUT2D eigenvalue weighted by Gasteiger charge is 2.22. The summed E-state index contributed by atoms with van der Waals surface area (Å²) in [6.45, 7) is 2.28. The van der Waals surface area contributed by atoms with Gasteiger partial charge in [0, 0.05) is 17.0 Å². The number of fused-ring (bicyclic) bond motifs is 3. The van der Waals surface area contributed by atoms with Crippen LogP contribution in [-0.2, 0) is 6.42 Å². The Bertz CT molecular complexity index is 3230. The maximum Gasteiger partial charge on any atom is 0.164 e. The van der Waals surface area contributed by atoms with Crippen molar-refractivity contribution in [1.29, 1.82) is 0 Å². The van der Waals surface area contributed by atoms with Gasteiger partial charge in [-0.3, -0.25) is 0 Å². The van der Waals surface area contributed by atoms with E-state index in [0.717, 1.165) is 46.5 Å². The lowest BCUT2D eigenvalue weighted by Gasteiger charge is -2.20. The van der Waals surface area contributed by atoms with Crippen molar-refractivity contribution in [2.75, 3.05) is 0 Å². The summed E-state index contributed by atoms with van der Waals surface area (Å²) in [7, 11) is 0. The molecule has 0 fully saturated rings. The summed E-state index contributed by atoms with van der Waals surface area (Å²) in [6.07, 6.45) is 13.3. The summed E-state index contributed by atoms with van der Waals surface area (Å²) >= 11 is 0. The van der Waals surface area contributed by atoms with Crippen LogP contribution in [0.3, 0.4) is 0 Å². The van der Waals surface area contributed by atoms with Crippen LogP contribution in [0.25, 0.3) is 89.4 Å². The summed E-state index contributed by atoms with van der Waals surface area (Å²) in [4.78, 5) is 15.9. The van der Waals surface area contributed by atoms with Crippen LogP contribution >= 0.6 is 0 Å². The maximum atomic E-state index is 5.33. The Kier molecular flexibility index (Phi) is 9.35. The molecule has 0 aliphatic heterocycles. The second-order valence-electron chi connectivity index (χ2n) is 16.5. The van der Waals surface area contributed by atoms with Crippen molar-refractivity contribution in [1.82, 2.24) is 15.0 Å². The van der Waals surface area contributed by atoms with Crippen molar-refractivity contribution in [3.8, 4) is 56.2 Å². The van der Waals surface area contributed by atoms with Crippen molar-refractivity contribution in [3.63, 3.8) is 0 Å². The third kappa shape index (κ3) is 7.19. The molecule has 0 saturated heterocycles. The lowest BCUT2D eigenvalue weighted by Crippen LogP contribution is -2.09. The molecule has 0 amide bonds. The fourth-order valence-corrected chi connectivity index (χ4v) is 9.13. The van der Waals surface area contributed by atoms with Gasteiger partial charge in [-0.05, 0) is 120 Å². The number of hydrogen-bond acceptors (Lipinski definition) is 3. The molecular weight excluding hydrogens is 739 g/mol. The van der Waals surface area contributed by atoms with Crippen LogP contribution in [0.4, 0.5) is 0 Å². The molecule has 61 heavy (non-hydrogen) atoms. The molecule has 9 aromatic rings. The number of allylic oxidation sites excluding steroid dienone is 5. The van der Waals surface area contributed by atoms with Gasteiger partial charge in [-0.1, -0.05) is 189 Å². The largest absolute Gasteiger partial charge is 0.212 e. The van der Waals surface area contributed by atoms with Gasteiger partial charge < -0.3 is 0 Å². The van der Waals surface area contributed by atoms with Crippen molar-refractivity contribution in [2.24, 2.45) is 5.92 Å². The molecule has 2 atom stereocenters. The van der Waals surface area contributed by atoms with E-state index >= 15 is 0 Å². The van der Waals surface area contributed by atoms with Crippen molar-refractivity contribution in [2.45, 2.75) is 25.7 Å². The van der Waals surface area contributed by atoms with Crippen LogP contribution in [-0.4, -0.2) is 15.0 Å². The summed E-state index contributed by atoms with van der Waals surface area (Å²) in [6, 6.07) is 63.3. The molecule has 3 nitrogen and oxygen atoms in total. The second-order valence-corrected chi connectivity index (χ2v) is 16.5. The first-order valence-electron chi connectivity index (χ1n) is 21.3. The standard InChI is InChI=1S/C58H43N3/c1-38-24-31-54-47(32-38)18-11-23-52(54)48-17-10-20-51(37-48)57-59-56(50-19-9-16-42(36-50)39-12-3-2-4-13-39)60-58(61-57)55-22-8-7-21-53(55)49-30-29-45-34-44(27-28-46(45)35-49)43-26-25-40-14-5-6-15-41(40)33-43/h2-18,20-31,33-38,50H,19,32H2,1H3. The summed E-state index contributed by atoms with van der Waals surface area (Å²) in [5.74, 6) is 2.64. The van der Waals surface area contributed by atoms with Gasteiger partial charge in [0.1, 0.15) is 5.82 Å². The van der Waals surface area contributed by atoms with E-state index in [4.69, 9.17) is 15.0 Å². The Balaban J connectivity index is 1.01. The average molecular weight is 782 g/mol. The van der Waals surface area contributed by atoms with Crippen LogP contribution in [0.2, 0.25) is 0 Å². The summed E-state index contributed by atoms with van der Waals surface area (Å²) in [5, 5.41) is 4.89. The third-order valence-electron chi connectivity index (χ3n) is 12.3. The van der Waals surface area contributed by atoms with Crippen LogP contribution in [0.5, 0.6) is 0 Å². The molecule has 290 valence electrons. The number of hydrogen-bond donors (Lipinski definition) is 0. The van der Waals surface area contributed by atoms with Crippen LogP contribution < -0.4 is 0 Å². The lowest BCUT2D eigenvalue weighted by atomic mass is 9.86. The minimum Gasteiger partial charge on any atom is -0.212 e. The third-order valence-corrected chi connectivity index (χ3v) is 12.3. The molecule has 2 unspecified atom stereocenters. The molecule has 2 aliphatic carbocycles. The molecule has 3 heteroatoms. The molecule has 1 aromatic heterocycles. The fraction of sp³-hybridized carbons (Fsp3) is 0.0862. The number of rotatable bonds is 7. The van der Waals surface area contributed by atoms with E-state index < -0.39 is 0 Å². The smallest absolute Gasteiger partial charge is 0.164 e. The van der Waals surface area contributed by atoms with E-state index in [2.05, 4.69) is 213 Å². The Morgan fingerprint density at radius 2 is 1.05 bits per heavy atom. The monoisotopic (exact) mass is 781 g/mol. The van der Waals surface area contributed by atoms with Gasteiger partial charge in [-0.15, -0.1) is 0 Å². The Morgan fingerprint density at radius 1 is 0.443 bits per heavy atom. The predicted octanol–water partition coefficient (Wildman–Crippen LogP) is 14.8. The minimum absolute atomic E-state index is 0.0122. The zero-order valence-electron chi connectivity index (χ0n) is 34.0. The molecule has 1 heterocycles. The van der Waals surface area contributed by atoms with Gasteiger partial charge in [0.05, 0.1) is 0 Å². The van der Waals surface area contributed by atoms with Gasteiger partial charge in [0.25, 0.3) is 0 Å². The predicted molar refractivity (Wildman–Crippen MR) is 255 cm³/mol. The molecule has 2 aliphatic rings. The SMILES string of the molecule is CC1C=Cc2c(cccc2-c2cccc(-c3nc(-c4ccccc4-c4ccc5cc(-c6ccc7ccccc7c6)ccc5c4)nc(C4C=C(c5ccccc5)C=CC4)n3)c2)C1. The zero-order chi connectivity index (χ0) is 40.7. The molecule has 0 bridgehead atoms. The normalized spacial score (nSPS) is 15.8. The molecule has 0 saturated carbocycles. The van der Waals surface area contributed by atoms with Gasteiger partial charge in [0.15, 0.2) is 11.6 Å². The molecule has 0 spiro atoms. The van der Waals surface area contributed by atoms with Crippen molar-refractivity contribution < 1.29 is 0 Å². The van der Waals surface area contributed by atoms with Gasteiger partial charge >= 0.3 is 0 Å². The minimum atomic E-state index is -0.0122. The first-order valence-corrected chi connectivity index (χ1v) is 21.3. The highest BCUT2D eigenvalue weighted by Crippen LogP contribution is 2.38. The highest BCUT2D eigenvalue weighted by atomic mass is 15.0. The average Bonchev–Trinajstić information content (AvgIpc) is 3.33. The van der Waals surface area contributed by atoms with E-state index in [1.807, 2.05) is 0 Å². The molecular formula is C58H43N3. The topological polar surface area (TPSA) is 38.7 Å². The first kappa shape index (κ1) is 36.6. The lowest BCUT2D eigenvalue weighted by molar-refractivity contribution is 0.717. The maximum absolute atomic E-state index is 5.33. The van der Waals surface area contributed by atoms with Gasteiger partial charge in [-0.2, -0.15) is 0 Å². The molecule has 0 N–H and O–H groups in total. The van der Waals surface area contributed by atoms with E-state index in [1.165, 1.54) is 60.5 Å². The van der Waals surface area contributed by atoms with E-state index in [0.29, 0.717) is 17.6 Å². The fourth-order valence-electron chi connectivity index (χ4n) is 9.13. The molecule has 0 radical (unpaired) electrons. The van der Waals surface area contributed by atoms with E-state index in [-0.39, 0.29) is 5.92 Å². The quantitative estimate of drug-likeness (QED) is 0.162. The summed E-state index contributed by atoms with van der Waals surface area (Å²) in [5.41, 5.74) is 14.0. The second kappa shape index (κ2) is 15.6. The van der Waals surface area contributed by atoms with Crippen LogP contribution in [0.1, 0.15) is 41.8 Å². The summed E-state index contributed by atoms with van der Waals surface area (Å²) < 4.78 is 0. The van der Waals surface area contributed by atoms with Gasteiger partial charge in [-0.25, -0.2) is 15.0 Å². The highest BCUT2D eigenvalue weighted by molar-refractivity contribution is 5.94. The van der Waals surface area contributed by atoms with Crippen LogP contribution in [0.15, 0.2) is 200 Å². The number of nitrogens with zero attached hydrogens (tertiary/aromatic N) is 3. The Hall–Kier alpha value is -7.49. The Morgan fingerprint density at radius 3 is 1.89 bits per heavy atom. The molecule has 11 rings (SSSR count). The molecule has 8 aromatic carbocycles.